The van der Waals surface area contributed by atoms with Crippen LogP contribution in [0.5, 0.6) is 5.88 Å². The summed E-state index contributed by atoms with van der Waals surface area (Å²) in [4.78, 5) is 17.3. The van der Waals surface area contributed by atoms with Crippen LogP contribution in [0.25, 0.3) is 0 Å². The fraction of sp³-hybridized carbons (Fsp3) is 0.471. The molecule has 130 valence electrons. The molecule has 0 radical (unpaired) electrons. The average molecular weight is 368 g/mol. The Kier molecular flexibility index (Phi) is 6.29. The molecule has 0 saturated heterocycles. The van der Waals surface area contributed by atoms with E-state index in [1.807, 2.05) is 32.9 Å². The van der Waals surface area contributed by atoms with Gasteiger partial charge in [-0.15, -0.1) is 11.8 Å². The lowest BCUT2D eigenvalue weighted by Crippen LogP contribution is -2.36. The normalized spacial score (nSPS) is 11.5. The molecule has 0 aromatic carbocycles. The molecule has 0 saturated carbocycles. The number of pyridine rings is 1. The molecule has 0 bridgehead atoms. The number of nitrogens with zero attached hydrogens (tertiary/aromatic N) is 3. The minimum Gasteiger partial charge on any atom is -0.478 e. The second-order valence-electron chi connectivity index (χ2n) is 6.35. The molecule has 2 aromatic heterocycles. The van der Waals surface area contributed by atoms with E-state index in [2.05, 4.69) is 17.0 Å². The highest BCUT2D eigenvalue weighted by atomic mass is 35.5. The lowest BCUT2D eigenvalue weighted by atomic mass is 10.1. The summed E-state index contributed by atoms with van der Waals surface area (Å²) in [5, 5.41) is 4.44. The minimum absolute atomic E-state index is 0.209. The van der Waals surface area contributed by atoms with Crippen LogP contribution in [0.15, 0.2) is 34.2 Å². The maximum absolute atomic E-state index is 12.3. The van der Waals surface area contributed by atoms with Crippen molar-refractivity contribution in [1.29, 1.82) is 0 Å². The van der Waals surface area contributed by atoms with Crippen LogP contribution in [0.2, 0.25) is 5.02 Å². The molecule has 24 heavy (non-hydrogen) atoms. The quantitative estimate of drug-likeness (QED) is 0.718. The third-order valence-corrected chi connectivity index (χ3v) is 4.74. The van der Waals surface area contributed by atoms with Crippen molar-refractivity contribution in [2.75, 3.05) is 6.61 Å². The predicted octanol–water partition coefficient (Wildman–Crippen LogP) is 4.13. The van der Waals surface area contributed by atoms with Gasteiger partial charge in [0.25, 0.3) is 5.56 Å². The van der Waals surface area contributed by atoms with Gasteiger partial charge in [0.2, 0.25) is 5.88 Å². The monoisotopic (exact) mass is 367 g/mol. The number of halogens is 1. The van der Waals surface area contributed by atoms with Gasteiger partial charge in [-0.1, -0.05) is 24.6 Å². The van der Waals surface area contributed by atoms with Crippen LogP contribution in [0.1, 0.15) is 39.7 Å². The van der Waals surface area contributed by atoms with Crippen LogP contribution in [0.3, 0.4) is 0 Å². The first kappa shape index (κ1) is 18.8. The molecule has 0 fully saturated rings. The summed E-state index contributed by atoms with van der Waals surface area (Å²) in [6.07, 6.45) is 4.37. The Balaban J connectivity index is 2.07. The Morgan fingerprint density at radius 3 is 2.62 bits per heavy atom. The fourth-order valence-corrected chi connectivity index (χ4v) is 3.07. The molecule has 0 atom stereocenters. The highest BCUT2D eigenvalue weighted by molar-refractivity contribution is 7.98. The van der Waals surface area contributed by atoms with Crippen LogP contribution in [0, 0.1) is 0 Å². The van der Waals surface area contributed by atoms with Crippen LogP contribution in [-0.2, 0) is 11.3 Å². The third kappa shape index (κ3) is 4.74. The van der Waals surface area contributed by atoms with E-state index in [9.17, 15) is 4.79 Å². The summed E-state index contributed by atoms with van der Waals surface area (Å²) in [5.41, 5.74) is 0.359. The van der Waals surface area contributed by atoms with Gasteiger partial charge in [-0.2, -0.15) is 5.10 Å². The Morgan fingerprint density at radius 1 is 1.29 bits per heavy atom. The molecule has 7 heteroatoms. The van der Waals surface area contributed by atoms with E-state index in [0.29, 0.717) is 23.1 Å². The molecule has 0 spiro atoms. The molecule has 0 unspecified atom stereocenters. The van der Waals surface area contributed by atoms with E-state index < -0.39 is 5.54 Å². The fourth-order valence-electron chi connectivity index (χ4n) is 1.95. The molecule has 0 aliphatic rings. The largest absolute Gasteiger partial charge is 0.478 e. The summed E-state index contributed by atoms with van der Waals surface area (Å²) >= 11 is 7.69. The first-order chi connectivity index (χ1) is 11.3. The molecule has 5 nitrogen and oxygen atoms in total. The van der Waals surface area contributed by atoms with Crippen molar-refractivity contribution >= 4 is 23.4 Å². The molecular formula is C17H22ClN3O2S. The number of hydrogen-bond acceptors (Lipinski definition) is 5. The Morgan fingerprint density at radius 2 is 2.04 bits per heavy atom. The van der Waals surface area contributed by atoms with E-state index in [-0.39, 0.29) is 10.6 Å². The van der Waals surface area contributed by atoms with Gasteiger partial charge in [-0.3, -0.25) is 4.79 Å². The van der Waals surface area contributed by atoms with Gasteiger partial charge < -0.3 is 4.74 Å². The van der Waals surface area contributed by atoms with Gasteiger partial charge in [0, 0.05) is 18.0 Å². The molecular weight excluding hydrogens is 346 g/mol. The standard InChI is InChI=1S/C17H22ClN3O2S/c1-5-8-23-14-7-6-12(9-19-14)11-24-13-10-20-21(17(2,3)4)16(22)15(13)18/h6-7,9-10H,5,8,11H2,1-4H3. The third-order valence-electron chi connectivity index (χ3n) is 3.17. The summed E-state index contributed by atoms with van der Waals surface area (Å²) < 4.78 is 6.86. The second-order valence-corrected chi connectivity index (χ2v) is 7.75. The molecule has 0 aliphatic heterocycles. The summed E-state index contributed by atoms with van der Waals surface area (Å²) in [6.45, 7) is 8.46. The van der Waals surface area contributed by atoms with Crippen LogP contribution in [-0.4, -0.2) is 21.4 Å². The van der Waals surface area contributed by atoms with Gasteiger partial charge in [0.05, 0.1) is 23.2 Å². The number of rotatable bonds is 6. The SMILES string of the molecule is CCCOc1ccc(CSc2cnn(C(C)(C)C)c(=O)c2Cl)cn1. The highest BCUT2D eigenvalue weighted by Gasteiger charge is 2.19. The molecule has 2 heterocycles. The zero-order chi connectivity index (χ0) is 17.7. The van der Waals surface area contributed by atoms with Crippen LogP contribution in [0.4, 0.5) is 0 Å². The maximum Gasteiger partial charge on any atom is 0.287 e. The molecule has 0 aliphatic carbocycles. The minimum atomic E-state index is -0.401. The van der Waals surface area contributed by atoms with E-state index >= 15 is 0 Å². The first-order valence-electron chi connectivity index (χ1n) is 7.81. The Hall–Kier alpha value is -1.53. The van der Waals surface area contributed by atoms with Gasteiger partial charge in [-0.05, 0) is 32.8 Å². The molecule has 2 aromatic rings. The van der Waals surface area contributed by atoms with Gasteiger partial charge in [0.1, 0.15) is 5.02 Å². The number of thioether (sulfide) groups is 1. The van der Waals surface area contributed by atoms with Gasteiger partial charge in [0.15, 0.2) is 0 Å². The Bertz CT molecular complexity index is 739. The summed E-state index contributed by atoms with van der Waals surface area (Å²) in [5.74, 6) is 1.28. The average Bonchev–Trinajstić information content (AvgIpc) is 2.54. The molecule has 0 amide bonds. The zero-order valence-electron chi connectivity index (χ0n) is 14.4. The van der Waals surface area contributed by atoms with E-state index in [1.54, 1.807) is 12.4 Å². The number of hydrogen-bond donors (Lipinski definition) is 0. The summed E-state index contributed by atoms with van der Waals surface area (Å²) in [6, 6.07) is 3.81. The van der Waals surface area contributed by atoms with Crippen molar-refractivity contribution in [3.8, 4) is 5.88 Å². The van der Waals surface area contributed by atoms with Gasteiger partial charge in [-0.25, -0.2) is 9.67 Å². The van der Waals surface area contributed by atoms with E-state index in [1.165, 1.54) is 16.4 Å². The Labute approximate surface area is 151 Å². The second kappa shape index (κ2) is 8.03. The van der Waals surface area contributed by atoms with Crippen LogP contribution < -0.4 is 10.3 Å². The van der Waals surface area contributed by atoms with Crippen LogP contribution >= 0.6 is 23.4 Å². The van der Waals surface area contributed by atoms with Gasteiger partial charge >= 0.3 is 0 Å². The predicted molar refractivity (Wildman–Crippen MR) is 98.1 cm³/mol. The molecule has 2 rings (SSSR count). The van der Waals surface area contributed by atoms with Crippen molar-refractivity contribution in [3.63, 3.8) is 0 Å². The van der Waals surface area contributed by atoms with Crippen molar-refractivity contribution in [2.45, 2.75) is 50.3 Å². The van der Waals surface area contributed by atoms with E-state index in [4.69, 9.17) is 16.3 Å². The van der Waals surface area contributed by atoms with E-state index in [0.717, 1.165) is 12.0 Å². The lowest BCUT2D eigenvalue weighted by Gasteiger charge is -2.21. The highest BCUT2D eigenvalue weighted by Crippen LogP contribution is 2.27. The van der Waals surface area contributed by atoms with Crippen molar-refractivity contribution in [3.05, 3.63) is 45.5 Å². The first-order valence-corrected chi connectivity index (χ1v) is 9.18. The van der Waals surface area contributed by atoms with Crippen molar-refractivity contribution < 1.29 is 4.74 Å². The van der Waals surface area contributed by atoms with Crippen molar-refractivity contribution in [2.24, 2.45) is 0 Å². The number of aromatic nitrogens is 3. The number of ether oxygens (including phenoxy) is 1. The topological polar surface area (TPSA) is 57.0 Å². The zero-order valence-corrected chi connectivity index (χ0v) is 15.9. The smallest absolute Gasteiger partial charge is 0.287 e. The summed E-state index contributed by atoms with van der Waals surface area (Å²) in [7, 11) is 0. The lowest BCUT2D eigenvalue weighted by molar-refractivity contribution is 0.305. The van der Waals surface area contributed by atoms with Crippen molar-refractivity contribution in [1.82, 2.24) is 14.8 Å². The maximum atomic E-state index is 12.3. The molecule has 0 N–H and O–H groups in total.